The Balaban J connectivity index is 1.70. The highest BCUT2D eigenvalue weighted by molar-refractivity contribution is 6.10. The number of hydrogen-bond acceptors (Lipinski definition) is 6. The lowest BCUT2D eigenvalue weighted by Gasteiger charge is -2.12. The minimum Gasteiger partial charge on any atom is -0.483 e. The zero-order chi connectivity index (χ0) is 24.3. The summed E-state index contributed by atoms with van der Waals surface area (Å²) in [6.45, 7) is 0.663. The number of rotatable bonds is 11. The molecule has 3 rings (SSSR count). The Morgan fingerprint density at radius 3 is 2.56 bits per heavy atom. The Hall–Kier alpha value is -4.22. The van der Waals surface area contributed by atoms with Crippen molar-refractivity contribution in [2.45, 2.75) is 13.0 Å². The van der Waals surface area contributed by atoms with Gasteiger partial charge in [-0.1, -0.05) is 42.5 Å². The Morgan fingerprint density at radius 2 is 1.82 bits per heavy atom. The largest absolute Gasteiger partial charge is 0.483 e. The molecule has 0 saturated carbocycles. The molecule has 0 unspecified atom stereocenters. The van der Waals surface area contributed by atoms with Crippen LogP contribution in [0.5, 0.6) is 5.75 Å². The molecular formula is C26H25N3O5. The van der Waals surface area contributed by atoms with Crippen LogP contribution in [0.2, 0.25) is 0 Å². The SMILES string of the molecule is COCCn1cc(C(=O)c2ccccc2OCC(=O)NCCc2ccccc2)cc(C#N)c1=O. The fourth-order valence-electron chi connectivity index (χ4n) is 3.32. The number of nitrogens with zero attached hydrogens (tertiary/aromatic N) is 2. The van der Waals surface area contributed by atoms with Crippen LogP contribution in [0.1, 0.15) is 27.0 Å². The molecule has 1 aromatic heterocycles. The minimum absolute atomic E-state index is 0.141. The van der Waals surface area contributed by atoms with E-state index in [2.05, 4.69) is 5.32 Å². The number of nitriles is 1. The molecule has 2 aromatic carbocycles. The fourth-order valence-corrected chi connectivity index (χ4v) is 3.32. The molecule has 0 bridgehead atoms. The molecule has 34 heavy (non-hydrogen) atoms. The number of ketones is 1. The van der Waals surface area contributed by atoms with Gasteiger partial charge in [0.05, 0.1) is 12.2 Å². The number of carbonyl (C=O) groups is 2. The lowest BCUT2D eigenvalue weighted by Crippen LogP contribution is -2.30. The number of carbonyl (C=O) groups excluding carboxylic acids is 2. The smallest absolute Gasteiger partial charge is 0.268 e. The zero-order valence-electron chi connectivity index (χ0n) is 18.8. The molecule has 0 aliphatic carbocycles. The number of pyridine rings is 1. The number of ether oxygens (including phenoxy) is 2. The maximum atomic E-state index is 13.2. The molecular weight excluding hydrogens is 434 g/mol. The van der Waals surface area contributed by atoms with E-state index in [1.54, 1.807) is 24.3 Å². The third-order valence-corrected chi connectivity index (χ3v) is 5.07. The number of methoxy groups -OCH3 is 1. The van der Waals surface area contributed by atoms with Crippen molar-refractivity contribution in [3.8, 4) is 11.8 Å². The van der Waals surface area contributed by atoms with Gasteiger partial charge in [0.2, 0.25) is 0 Å². The molecule has 1 heterocycles. The number of para-hydroxylation sites is 1. The summed E-state index contributed by atoms with van der Waals surface area (Å²) in [5.74, 6) is -0.500. The van der Waals surface area contributed by atoms with Gasteiger partial charge in [-0.05, 0) is 30.2 Å². The van der Waals surface area contributed by atoms with E-state index in [0.29, 0.717) is 13.0 Å². The molecule has 0 aliphatic heterocycles. The van der Waals surface area contributed by atoms with E-state index in [1.165, 1.54) is 23.9 Å². The number of amides is 1. The average molecular weight is 460 g/mol. The molecule has 174 valence electrons. The number of aromatic nitrogens is 1. The first-order valence-electron chi connectivity index (χ1n) is 10.7. The number of benzene rings is 2. The molecule has 1 N–H and O–H groups in total. The first kappa shape index (κ1) is 24.4. The topological polar surface area (TPSA) is 110 Å². The molecule has 0 saturated heterocycles. The van der Waals surface area contributed by atoms with Crippen LogP contribution in [-0.2, 0) is 22.5 Å². The van der Waals surface area contributed by atoms with Gasteiger partial charge in [-0.25, -0.2) is 0 Å². The van der Waals surface area contributed by atoms with E-state index < -0.39 is 11.3 Å². The standard InChI is InChI=1S/C26H25N3O5/c1-33-14-13-29-17-21(15-20(16-27)26(29)32)25(31)22-9-5-6-10-23(22)34-18-24(30)28-12-11-19-7-3-2-4-8-19/h2-10,15,17H,11-14,18H2,1H3,(H,28,30). The van der Waals surface area contributed by atoms with Crippen LogP contribution in [0, 0.1) is 11.3 Å². The number of nitrogens with one attached hydrogen (secondary N) is 1. The zero-order valence-corrected chi connectivity index (χ0v) is 18.8. The molecule has 0 aliphatic rings. The van der Waals surface area contributed by atoms with Crippen molar-refractivity contribution in [3.05, 3.63) is 99.5 Å². The van der Waals surface area contributed by atoms with Gasteiger partial charge >= 0.3 is 0 Å². The summed E-state index contributed by atoms with van der Waals surface area (Å²) in [7, 11) is 1.50. The Bertz CT molecular complexity index is 1250. The van der Waals surface area contributed by atoms with Gasteiger partial charge in [0.15, 0.2) is 12.4 Å². The highest BCUT2D eigenvalue weighted by Crippen LogP contribution is 2.21. The second-order valence-electron chi connectivity index (χ2n) is 7.45. The van der Waals surface area contributed by atoms with E-state index in [0.717, 1.165) is 5.56 Å². The summed E-state index contributed by atoms with van der Waals surface area (Å²) in [6.07, 6.45) is 2.10. The fraction of sp³-hybridized carbons (Fsp3) is 0.231. The summed E-state index contributed by atoms with van der Waals surface area (Å²) in [5.41, 5.74) is 0.866. The van der Waals surface area contributed by atoms with Gasteiger partial charge in [-0.2, -0.15) is 5.26 Å². The Labute approximate surface area is 197 Å². The quantitative estimate of drug-likeness (QED) is 0.441. The lowest BCUT2D eigenvalue weighted by molar-refractivity contribution is -0.123. The van der Waals surface area contributed by atoms with Crippen molar-refractivity contribution in [2.24, 2.45) is 0 Å². The summed E-state index contributed by atoms with van der Waals surface area (Å²) < 4.78 is 11.9. The van der Waals surface area contributed by atoms with E-state index in [-0.39, 0.29) is 48.1 Å². The third kappa shape index (κ3) is 6.40. The molecule has 0 atom stereocenters. The van der Waals surface area contributed by atoms with Gasteiger partial charge in [0, 0.05) is 32.0 Å². The predicted octanol–water partition coefficient (Wildman–Crippen LogP) is 2.34. The Kier molecular flexibility index (Phi) is 8.72. The lowest BCUT2D eigenvalue weighted by atomic mass is 10.0. The molecule has 8 heteroatoms. The molecule has 3 aromatic rings. The van der Waals surface area contributed by atoms with Gasteiger partial charge in [-0.15, -0.1) is 0 Å². The second kappa shape index (κ2) is 12.1. The van der Waals surface area contributed by atoms with Crippen molar-refractivity contribution in [1.29, 1.82) is 5.26 Å². The average Bonchev–Trinajstić information content (AvgIpc) is 2.87. The van der Waals surface area contributed by atoms with E-state index in [4.69, 9.17) is 9.47 Å². The normalized spacial score (nSPS) is 10.4. The molecule has 1 amide bonds. The van der Waals surface area contributed by atoms with Crippen molar-refractivity contribution >= 4 is 11.7 Å². The highest BCUT2D eigenvalue weighted by atomic mass is 16.5. The van der Waals surface area contributed by atoms with Gasteiger partial charge in [0.25, 0.3) is 11.5 Å². The molecule has 0 radical (unpaired) electrons. The van der Waals surface area contributed by atoms with Crippen LogP contribution in [0.4, 0.5) is 0 Å². The maximum Gasteiger partial charge on any atom is 0.268 e. The van der Waals surface area contributed by atoms with Gasteiger partial charge in [-0.3, -0.25) is 14.4 Å². The van der Waals surface area contributed by atoms with Gasteiger partial charge in [0.1, 0.15) is 17.4 Å². The molecule has 8 nitrogen and oxygen atoms in total. The minimum atomic E-state index is -0.493. The first-order chi connectivity index (χ1) is 16.5. The van der Waals surface area contributed by atoms with Crippen molar-refractivity contribution in [3.63, 3.8) is 0 Å². The second-order valence-corrected chi connectivity index (χ2v) is 7.45. The van der Waals surface area contributed by atoms with Crippen molar-refractivity contribution in [1.82, 2.24) is 9.88 Å². The highest BCUT2D eigenvalue weighted by Gasteiger charge is 2.18. The van der Waals surface area contributed by atoms with E-state index in [9.17, 15) is 19.6 Å². The number of hydrogen-bond donors (Lipinski definition) is 1. The van der Waals surface area contributed by atoms with Crippen molar-refractivity contribution < 1.29 is 19.1 Å². The summed E-state index contributed by atoms with van der Waals surface area (Å²) in [6, 6.07) is 19.4. The van der Waals surface area contributed by atoms with Crippen LogP contribution < -0.4 is 15.6 Å². The Morgan fingerprint density at radius 1 is 1.09 bits per heavy atom. The first-order valence-corrected chi connectivity index (χ1v) is 10.7. The summed E-state index contributed by atoms with van der Waals surface area (Å²) in [5, 5.41) is 12.1. The van der Waals surface area contributed by atoms with Crippen LogP contribution in [0.15, 0.2) is 71.7 Å². The monoisotopic (exact) mass is 459 g/mol. The van der Waals surface area contributed by atoms with Gasteiger partial charge < -0.3 is 19.4 Å². The summed E-state index contributed by atoms with van der Waals surface area (Å²) in [4.78, 5) is 37.8. The van der Waals surface area contributed by atoms with E-state index in [1.807, 2.05) is 36.4 Å². The van der Waals surface area contributed by atoms with Crippen molar-refractivity contribution in [2.75, 3.05) is 26.9 Å². The third-order valence-electron chi connectivity index (χ3n) is 5.07. The van der Waals surface area contributed by atoms with Crippen LogP contribution >= 0.6 is 0 Å². The van der Waals surface area contributed by atoms with Crippen LogP contribution in [0.3, 0.4) is 0 Å². The predicted molar refractivity (Wildman–Crippen MR) is 126 cm³/mol. The summed E-state index contributed by atoms with van der Waals surface area (Å²) >= 11 is 0. The maximum absolute atomic E-state index is 13.2. The van der Waals surface area contributed by atoms with E-state index >= 15 is 0 Å². The molecule has 0 spiro atoms. The van der Waals surface area contributed by atoms with Crippen LogP contribution in [0.25, 0.3) is 0 Å². The molecule has 0 fully saturated rings. The van der Waals surface area contributed by atoms with Crippen LogP contribution in [-0.4, -0.2) is 43.1 Å².